The summed E-state index contributed by atoms with van der Waals surface area (Å²) in [5.41, 5.74) is 38.7. The van der Waals surface area contributed by atoms with E-state index < -0.39 is 151 Å². The Morgan fingerprint density at radius 2 is 0.902 bits per heavy atom. The van der Waals surface area contributed by atoms with Crippen LogP contribution in [0.25, 0.3) is 0 Å². The molecule has 0 aliphatic heterocycles. The van der Waals surface area contributed by atoms with Gasteiger partial charge in [0.2, 0.25) is 65.0 Å². The fourth-order valence-electron chi connectivity index (χ4n) is 7.67. The summed E-state index contributed by atoms with van der Waals surface area (Å²) in [5.74, 6) is -12.7. The number of benzene rings is 1. The van der Waals surface area contributed by atoms with Crippen molar-refractivity contribution < 1.29 is 62.6 Å². The Labute approximate surface area is 480 Å². The third-order valence-electron chi connectivity index (χ3n) is 12.0. The van der Waals surface area contributed by atoms with Crippen LogP contribution in [0, 0.1) is 11.8 Å². The number of nitrogens with one attached hydrogen (secondary N) is 9. The average molecular weight is 1180 g/mol. The first-order chi connectivity index (χ1) is 38.5. The van der Waals surface area contributed by atoms with Gasteiger partial charge in [0.1, 0.15) is 54.4 Å². The minimum Gasteiger partial charge on any atom is -0.480 e. The maximum atomic E-state index is 14.1. The Kier molecular flexibility index (Phi) is 32.9. The monoisotopic (exact) mass is 1180 g/mol. The molecule has 0 aliphatic rings. The second-order valence-corrected chi connectivity index (χ2v) is 20.3. The number of aliphatic imine (C=N–C) groups is 2. The zero-order chi connectivity index (χ0) is 62.2. The summed E-state index contributed by atoms with van der Waals surface area (Å²) in [6.45, 7) is 7.48. The molecule has 0 heterocycles. The van der Waals surface area contributed by atoms with Crippen LogP contribution in [0.3, 0.4) is 0 Å². The van der Waals surface area contributed by atoms with Gasteiger partial charge in [-0.15, -0.1) is 0 Å². The van der Waals surface area contributed by atoms with E-state index in [0.717, 1.165) is 0 Å². The van der Waals surface area contributed by atoms with Crippen LogP contribution < -0.4 is 88.0 Å². The lowest BCUT2D eigenvalue weighted by atomic mass is 9.99. The average Bonchev–Trinajstić information content (AvgIpc) is 3.39. The van der Waals surface area contributed by atoms with E-state index in [0.29, 0.717) is 5.56 Å². The molecule has 0 bridgehead atoms. The molecular weight excluding hydrogens is 1090 g/mol. The highest BCUT2D eigenvalue weighted by Gasteiger charge is 2.36. The number of amides is 11. The van der Waals surface area contributed by atoms with Crippen LogP contribution in [0.1, 0.15) is 98.0 Å². The van der Waals surface area contributed by atoms with Crippen LogP contribution in [0.4, 0.5) is 0 Å². The summed E-state index contributed by atoms with van der Waals surface area (Å²) in [6.07, 6.45) is -1.61. The molecule has 458 valence electrons. The van der Waals surface area contributed by atoms with E-state index in [9.17, 15) is 62.6 Å². The minimum absolute atomic E-state index is 0.00342. The van der Waals surface area contributed by atoms with Crippen molar-refractivity contribution in [3.8, 4) is 0 Å². The maximum absolute atomic E-state index is 14.1. The molecule has 31 nitrogen and oxygen atoms in total. The van der Waals surface area contributed by atoms with Gasteiger partial charge in [-0.25, -0.2) is 4.79 Å². The topological polar surface area (TPSA) is 540 Å². The van der Waals surface area contributed by atoms with Crippen LogP contribution >= 0.6 is 12.6 Å². The molecule has 0 fully saturated rings. The summed E-state index contributed by atoms with van der Waals surface area (Å²) < 4.78 is 0. The summed E-state index contributed by atoms with van der Waals surface area (Å²) in [4.78, 5) is 167. The van der Waals surface area contributed by atoms with Crippen molar-refractivity contribution in [3.63, 3.8) is 0 Å². The first-order valence-electron chi connectivity index (χ1n) is 26.5. The van der Waals surface area contributed by atoms with Gasteiger partial charge in [-0.2, -0.15) is 12.6 Å². The quantitative estimate of drug-likeness (QED) is 0.0126. The van der Waals surface area contributed by atoms with Gasteiger partial charge in [0.25, 0.3) is 0 Å². The molecule has 0 spiro atoms. The van der Waals surface area contributed by atoms with Gasteiger partial charge in [-0.3, -0.25) is 62.7 Å². The van der Waals surface area contributed by atoms with Crippen LogP contribution in [0.5, 0.6) is 0 Å². The number of hydrogen-bond donors (Lipinski definition) is 18. The maximum Gasteiger partial charge on any atom is 0.327 e. The van der Waals surface area contributed by atoms with Gasteiger partial charge in [-0.1, -0.05) is 58.0 Å². The fraction of sp³-hybridized carbons (Fsp3) is 0.600. The Bertz CT molecular complexity index is 2410. The van der Waals surface area contributed by atoms with Crippen LogP contribution in [-0.4, -0.2) is 168 Å². The third-order valence-corrected chi connectivity index (χ3v) is 12.4. The molecule has 0 aliphatic carbocycles. The van der Waals surface area contributed by atoms with E-state index >= 15 is 0 Å². The predicted octanol–water partition coefficient (Wildman–Crippen LogP) is -6.07. The van der Waals surface area contributed by atoms with Gasteiger partial charge >= 0.3 is 5.97 Å². The second-order valence-electron chi connectivity index (χ2n) is 19.9. The molecule has 0 saturated carbocycles. The van der Waals surface area contributed by atoms with Crippen molar-refractivity contribution in [2.45, 2.75) is 153 Å². The number of carbonyl (C=O) groups is 12. The number of guanidine groups is 2. The van der Waals surface area contributed by atoms with E-state index in [-0.39, 0.29) is 88.0 Å². The molecule has 32 heteroatoms. The zero-order valence-electron chi connectivity index (χ0n) is 46.9. The summed E-state index contributed by atoms with van der Waals surface area (Å²) in [6, 6.07) is -4.07. The highest BCUT2D eigenvalue weighted by molar-refractivity contribution is 7.80. The summed E-state index contributed by atoms with van der Waals surface area (Å²) >= 11 is 3.97. The molecule has 11 amide bonds. The molecule has 1 aromatic carbocycles. The standard InChI is InChI=1S/C50H84N18O13S/c1-25(2)21-33(66-44(76)32(16-18-37(53)70)65-45(77)34(61-38(71)23-51)22-28-11-7-6-8-12-28)46(78)68-39(26(3)4)47(79)60-27(5)40(72)62-31(15-17-36(52)69)43(75)64-29(13-9-19-58-49(54)55)41(73)63-30(14-10-20-59-50(56)57)42(74)67-35(24-82)48(80)81/h6-8,11-12,25-27,29-35,39,82H,9-10,13-24,51H2,1-5H3,(H2,52,69)(H2,53,70)(H,60,79)(H,61,71)(H,62,72)(H,63,73)(H,64,75)(H,65,77)(H,66,76)(H,67,74)(H,68,78)(H,80,81)(H4,54,55,58)(H4,56,57,59)/t27-,29-,30-,31-,32-,33-,34-,35-,39-/m0/s1. The van der Waals surface area contributed by atoms with Crippen molar-refractivity contribution >= 4 is 95.5 Å². The Balaban J connectivity index is 3.45. The van der Waals surface area contributed by atoms with Crippen LogP contribution in [0.15, 0.2) is 40.3 Å². The molecular formula is C50H84N18O13S. The fourth-order valence-corrected chi connectivity index (χ4v) is 7.92. The van der Waals surface area contributed by atoms with Gasteiger partial charge in [-0.05, 0) is 69.3 Å². The lowest BCUT2D eigenvalue weighted by Gasteiger charge is -2.29. The van der Waals surface area contributed by atoms with Crippen molar-refractivity contribution in [1.29, 1.82) is 0 Å². The van der Waals surface area contributed by atoms with E-state index in [1.54, 1.807) is 58.0 Å². The van der Waals surface area contributed by atoms with E-state index in [4.69, 9.17) is 40.1 Å². The van der Waals surface area contributed by atoms with Crippen molar-refractivity contribution in [2.24, 2.45) is 62.0 Å². The molecule has 0 unspecified atom stereocenters. The van der Waals surface area contributed by atoms with E-state index in [2.05, 4.69) is 70.5 Å². The second kappa shape index (κ2) is 37.6. The minimum atomic E-state index is -1.59. The number of thiol groups is 1. The lowest BCUT2D eigenvalue weighted by molar-refractivity contribution is -0.141. The van der Waals surface area contributed by atoms with Gasteiger partial charge < -0.3 is 93.1 Å². The number of carboxylic acids is 1. The van der Waals surface area contributed by atoms with E-state index in [1.165, 1.54) is 6.92 Å². The smallest absolute Gasteiger partial charge is 0.327 e. The highest BCUT2D eigenvalue weighted by atomic mass is 32.1. The van der Waals surface area contributed by atoms with Crippen LogP contribution in [-0.2, 0) is 64.0 Å². The zero-order valence-corrected chi connectivity index (χ0v) is 47.8. The molecule has 0 saturated heterocycles. The SMILES string of the molecule is CC(C)C[C@H](NC(=O)[C@H](CCC(N)=O)NC(=O)[C@H](Cc1ccccc1)NC(=O)CN)C(=O)N[C@H](C(=O)N[C@@H](C)C(=O)N[C@@H](CCC(N)=O)C(=O)N[C@@H](CCCN=C(N)N)C(=O)N[C@@H](CCCN=C(N)N)C(=O)N[C@@H](CS)C(=O)O)C(C)C. The molecule has 0 aromatic heterocycles. The molecule has 1 aromatic rings. The Hall–Kier alpha value is -8.29. The largest absolute Gasteiger partial charge is 0.480 e. The molecule has 24 N–H and O–H groups in total. The van der Waals surface area contributed by atoms with Crippen molar-refractivity contribution in [1.82, 2.24) is 47.9 Å². The van der Waals surface area contributed by atoms with Gasteiger partial charge in [0.15, 0.2) is 11.9 Å². The number of hydrogen-bond acceptors (Lipinski definition) is 16. The van der Waals surface area contributed by atoms with Crippen molar-refractivity contribution in [3.05, 3.63) is 35.9 Å². The Morgan fingerprint density at radius 3 is 1.29 bits per heavy atom. The number of nitrogens with zero attached hydrogens (tertiary/aromatic N) is 2. The number of nitrogens with two attached hydrogens (primary N) is 7. The molecule has 0 radical (unpaired) electrons. The molecule has 1 rings (SSSR count). The number of aliphatic carboxylic acids is 1. The van der Waals surface area contributed by atoms with Crippen molar-refractivity contribution in [2.75, 3.05) is 25.4 Å². The first-order valence-corrected chi connectivity index (χ1v) is 27.1. The predicted molar refractivity (Wildman–Crippen MR) is 305 cm³/mol. The van der Waals surface area contributed by atoms with Crippen LogP contribution in [0.2, 0.25) is 0 Å². The lowest BCUT2D eigenvalue weighted by Crippen LogP contribution is -2.61. The highest BCUT2D eigenvalue weighted by Crippen LogP contribution is 2.12. The number of primary amides is 2. The first kappa shape index (κ1) is 71.7. The van der Waals surface area contributed by atoms with Gasteiger partial charge in [0, 0.05) is 38.1 Å². The molecule has 9 atom stereocenters. The number of carboxylic acid groups (broad SMARTS) is 1. The van der Waals surface area contributed by atoms with E-state index in [1.807, 2.05) is 0 Å². The normalized spacial score (nSPS) is 14.2. The number of carbonyl (C=O) groups excluding carboxylic acids is 11. The Morgan fingerprint density at radius 1 is 0.500 bits per heavy atom. The summed E-state index contributed by atoms with van der Waals surface area (Å²) in [5, 5.41) is 32.1. The third kappa shape index (κ3) is 28.7. The molecule has 82 heavy (non-hydrogen) atoms. The van der Waals surface area contributed by atoms with Gasteiger partial charge in [0.05, 0.1) is 6.54 Å². The number of rotatable bonds is 39. The summed E-state index contributed by atoms with van der Waals surface area (Å²) in [7, 11) is 0.